The standard InChI is InChI=1S/C16H19N3O6S/c20-6-8-23-14(26)17-9-13-10-19(16(22)25-13)12-3-1-11(2-4-12)18-5-7-24-15(18)21/h1-4,13,20H,5-10H2,(H,17,26). The predicted octanol–water partition coefficient (Wildman–Crippen LogP) is 0.852. The molecule has 0 aromatic heterocycles. The molecule has 2 aliphatic heterocycles. The number of aliphatic hydroxyl groups is 1. The van der Waals surface area contributed by atoms with Crippen molar-refractivity contribution >= 4 is 41.0 Å². The van der Waals surface area contributed by atoms with Crippen LogP contribution in [0.3, 0.4) is 0 Å². The lowest BCUT2D eigenvalue weighted by Crippen LogP contribution is -2.35. The minimum atomic E-state index is -0.452. The van der Waals surface area contributed by atoms with Crippen LogP contribution >= 0.6 is 12.2 Å². The third kappa shape index (κ3) is 4.14. The first-order valence-corrected chi connectivity index (χ1v) is 8.53. The summed E-state index contributed by atoms with van der Waals surface area (Å²) in [5.41, 5.74) is 1.39. The zero-order valence-corrected chi connectivity index (χ0v) is 14.7. The number of rotatable bonds is 6. The van der Waals surface area contributed by atoms with Gasteiger partial charge in [-0.3, -0.25) is 9.80 Å². The summed E-state index contributed by atoms with van der Waals surface area (Å²) in [7, 11) is 0. The molecule has 0 bridgehead atoms. The summed E-state index contributed by atoms with van der Waals surface area (Å²) in [5.74, 6) is 0. The highest BCUT2D eigenvalue weighted by Gasteiger charge is 2.32. The van der Waals surface area contributed by atoms with Crippen LogP contribution in [0.2, 0.25) is 0 Å². The first kappa shape index (κ1) is 18.2. The first-order chi connectivity index (χ1) is 12.6. The summed E-state index contributed by atoms with van der Waals surface area (Å²) in [6.07, 6.45) is -1.21. The minimum absolute atomic E-state index is 0.110. The summed E-state index contributed by atoms with van der Waals surface area (Å²) >= 11 is 4.94. The Bertz CT molecular complexity index is 683. The Morgan fingerprint density at radius 2 is 1.92 bits per heavy atom. The number of aliphatic hydroxyl groups excluding tert-OH is 1. The molecule has 26 heavy (non-hydrogen) atoms. The van der Waals surface area contributed by atoms with E-state index in [1.165, 1.54) is 9.80 Å². The van der Waals surface area contributed by atoms with Gasteiger partial charge >= 0.3 is 12.2 Å². The van der Waals surface area contributed by atoms with E-state index in [2.05, 4.69) is 5.32 Å². The molecular formula is C16H19N3O6S. The summed E-state index contributed by atoms with van der Waals surface area (Å²) in [4.78, 5) is 26.7. The lowest BCUT2D eigenvalue weighted by molar-refractivity contribution is 0.140. The fourth-order valence-corrected chi connectivity index (χ4v) is 2.83. The van der Waals surface area contributed by atoms with Gasteiger partial charge in [-0.15, -0.1) is 0 Å². The van der Waals surface area contributed by atoms with Crippen LogP contribution in [0.1, 0.15) is 0 Å². The summed E-state index contributed by atoms with van der Waals surface area (Å²) in [5, 5.41) is 11.7. The Morgan fingerprint density at radius 3 is 2.54 bits per heavy atom. The fraction of sp³-hybridized carbons (Fsp3) is 0.438. The maximum absolute atomic E-state index is 12.1. The van der Waals surface area contributed by atoms with Gasteiger partial charge in [0.1, 0.15) is 19.3 Å². The summed E-state index contributed by atoms with van der Waals surface area (Å²) in [6, 6.07) is 7.04. The molecule has 2 aliphatic rings. The Labute approximate surface area is 155 Å². The molecule has 2 saturated heterocycles. The molecule has 0 aliphatic carbocycles. The average Bonchev–Trinajstić information content (AvgIpc) is 3.24. The highest BCUT2D eigenvalue weighted by Crippen LogP contribution is 2.26. The van der Waals surface area contributed by atoms with E-state index in [1.807, 2.05) is 0 Å². The lowest BCUT2D eigenvalue weighted by atomic mass is 10.2. The normalized spacial score (nSPS) is 19.3. The summed E-state index contributed by atoms with van der Waals surface area (Å²) in [6.45, 7) is 1.54. The van der Waals surface area contributed by atoms with Crippen molar-refractivity contribution in [2.24, 2.45) is 0 Å². The summed E-state index contributed by atoms with van der Waals surface area (Å²) < 4.78 is 15.3. The lowest BCUT2D eigenvalue weighted by Gasteiger charge is -2.16. The van der Waals surface area contributed by atoms with Gasteiger partial charge in [-0.1, -0.05) is 0 Å². The number of carbonyl (C=O) groups excluding carboxylic acids is 2. The van der Waals surface area contributed by atoms with Crippen LogP contribution in [-0.2, 0) is 14.2 Å². The number of hydrogen-bond acceptors (Lipinski definition) is 7. The van der Waals surface area contributed by atoms with Gasteiger partial charge < -0.3 is 24.6 Å². The minimum Gasteiger partial charge on any atom is -0.469 e. The van der Waals surface area contributed by atoms with Crippen LogP contribution in [0.25, 0.3) is 0 Å². The van der Waals surface area contributed by atoms with E-state index in [-0.39, 0.29) is 30.6 Å². The van der Waals surface area contributed by atoms with Crippen molar-refractivity contribution in [3.8, 4) is 0 Å². The zero-order chi connectivity index (χ0) is 18.5. The van der Waals surface area contributed by atoms with Crippen LogP contribution in [-0.4, -0.2) is 68.0 Å². The number of ether oxygens (including phenoxy) is 3. The smallest absolute Gasteiger partial charge is 0.414 e. The van der Waals surface area contributed by atoms with E-state index >= 15 is 0 Å². The van der Waals surface area contributed by atoms with Crippen molar-refractivity contribution in [1.82, 2.24) is 5.32 Å². The Balaban J connectivity index is 1.55. The van der Waals surface area contributed by atoms with Gasteiger partial charge in [-0.2, -0.15) is 0 Å². The molecule has 0 radical (unpaired) electrons. The van der Waals surface area contributed by atoms with Crippen molar-refractivity contribution in [2.45, 2.75) is 6.10 Å². The van der Waals surface area contributed by atoms with Crippen LogP contribution < -0.4 is 15.1 Å². The number of nitrogens with zero attached hydrogens (tertiary/aromatic N) is 2. The monoisotopic (exact) mass is 381 g/mol. The maximum atomic E-state index is 12.1. The molecule has 1 atom stereocenters. The van der Waals surface area contributed by atoms with Gasteiger partial charge in [0, 0.05) is 11.4 Å². The molecule has 0 spiro atoms. The van der Waals surface area contributed by atoms with Gasteiger partial charge in [-0.05, 0) is 36.5 Å². The van der Waals surface area contributed by atoms with E-state index in [9.17, 15) is 9.59 Å². The van der Waals surface area contributed by atoms with Gasteiger partial charge in [0.25, 0.3) is 5.17 Å². The molecule has 1 aromatic rings. The number of benzene rings is 1. The predicted molar refractivity (Wildman–Crippen MR) is 96.4 cm³/mol. The van der Waals surface area contributed by atoms with Crippen LogP contribution in [0.4, 0.5) is 21.0 Å². The Morgan fingerprint density at radius 1 is 1.23 bits per heavy atom. The van der Waals surface area contributed by atoms with E-state index in [0.29, 0.717) is 37.6 Å². The first-order valence-electron chi connectivity index (χ1n) is 8.12. The number of nitrogens with one attached hydrogen (secondary N) is 1. The molecule has 1 aromatic carbocycles. The average molecular weight is 381 g/mol. The van der Waals surface area contributed by atoms with E-state index in [1.54, 1.807) is 24.3 Å². The van der Waals surface area contributed by atoms with Gasteiger partial charge in [0.2, 0.25) is 0 Å². The largest absolute Gasteiger partial charge is 0.469 e. The van der Waals surface area contributed by atoms with Crippen molar-refractivity contribution < 1.29 is 28.9 Å². The number of amides is 2. The number of cyclic esters (lactones) is 2. The molecule has 0 saturated carbocycles. The van der Waals surface area contributed by atoms with Crippen molar-refractivity contribution in [2.75, 3.05) is 49.3 Å². The second-order valence-corrected chi connectivity index (χ2v) is 6.01. The zero-order valence-electron chi connectivity index (χ0n) is 13.9. The number of thiocarbonyl (C=S) groups is 1. The van der Waals surface area contributed by atoms with E-state index in [0.717, 1.165) is 0 Å². The highest BCUT2D eigenvalue weighted by atomic mass is 32.1. The third-order valence-electron chi connectivity index (χ3n) is 3.91. The topological polar surface area (TPSA) is 101 Å². The molecule has 9 nitrogen and oxygen atoms in total. The molecule has 1 unspecified atom stereocenters. The molecule has 140 valence electrons. The molecule has 3 rings (SSSR count). The quantitative estimate of drug-likeness (QED) is 0.700. The number of carbonyl (C=O) groups is 2. The number of anilines is 2. The Hall–Kier alpha value is -2.59. The second-order valence-electron chi connectivity index (χ2n) is 5.64. The molecule has 2 amide bonds. The third-order valence-corrected chi connectivity index (χ3v) is 4.17. The van der Waals surface area contributed by atoms with Gasteiger partial charge in [0.05, 0.1) is 26.2 Å². The van der Waals surface area contributed by atoms with Crippen molar-refractivity contribution in [1.29, 1.82) is 0 Å². The SMILES string of the molecule is O=C1OCCN1c1ccc(N2CC(CNC(=S)OCCO)OC2=O)cc1. The van der Waals surface area contributed by atoms with E-state index in [4.69, 9.17) is 31.5 Å². The van der Waals surface area contributed by atoms with Gasteiger partial charge in [0.15, 0.2) is 0 Å². The second kappa shape index (κ2) is 8.19. The van der Waals surface area contributed by atoms with Crippen molar-refractivity contribution in [3.63, 3.8) is 0 Å². The molecule has 2 fully saturated rings. The molecular weight excluding hydrogens is 362 g/mol. The fourth-order valence-electron chi connectivity index (χ4n) is 2.67. The van der Waals surface area contributed by atoms with Gasteiger partial charge in [-0.25, -0.2) is 9.59 Å². The number of hydrogen-bond donors (Lipinski definition) is 2. The van der Waals surface area contributed by atoms with E-state index < -0.39 is 6.09 Å². The van der Waals surface area contributed by atoms with Crippen molar-refractivity contribution in [3.05, 3.63) is 24.3 Å². The molecule has 2 heterocycles. The highest BCUT2D eigenvalue weighted by molar-refractivity contribution is 7.80. The van der Waals surface area contributed by atoms with Crippen LogP contribution in [0, 0.1) is 0 Å². The molecule has 2 N–H and O–H groups in total. The molecule has 10 heteroatoms. The van der Waals surface area contributed by atoms with Crippen LogP contribution in [0.5, 0.6) is 0 Å². The van der Waals surface area contributed by atoms with Crippen LogP contribution in [0.15, 0.2) is 24.3 Å². The maximum Gasteiger partial charge on any atom is 0.414 e. The Kier molecular flexibility index (Phi) is 5.74.